The van der Waals surface area contributed by atoms with Gasteiger partial charge in [0.1, 0.15) is 16.6 Å². The number of aromatic nitrogens is 2. The first-order valence-corrected chi connectivity index (χ1v) is 14.4. The third-order valence-electron chi connectivity index (χ3n) is 5.45. The van der Waals surface area contributed by atoms with Gasteiger partial charge in [0.25, 0.3) is 0 Å². The molecule has 0 saturated carbocycles. The van der Waals surface area contributed by atoms with Crippen molar-refractivity contribution in [3.63, 3.8) is 0 Å². The zero-order valence-corrected chi connectivity index (χ0v) is 22.0. The number of nitriles is 1. The topological polar surface area (TPSA) is 96.8 Å². The highest BCUT2D eigenvalue weighted by Gasteiger charge is 2.23. The summed E-state index contributed by atoms with van der Waals surface area (Å²) >= 11 is 4.68. The second kappa shape index (κ2) is 10.3. The number of para-hydroxylation sites is 2. The molecule has 0 aliphatic carbocycles. The van der Waals surface area contributed by atoms with Crippen molar-refractivity contribution < 1.29 is 12.8 Å². The van der Waals surface area contributed by atoms with E-state index < -0.39 is 9.84 Å². The first-order valence-electron chi connectivity index (χ1n) is 10.9. The maximum Gasteiger partial charge on any atom is 0.316 e. The van der Waals surface area contributed by atoms with Gasteiger partial charge in [0, 0.05) is 21.4 Å². The average molecular weight is 576 g/mol. The van der Waals surface area contributed by atoms with Crippen molar-refractivity contribution in [1.82, 2.24) is 9.97 Å². The van der Waals surface area contributed by atoms with Crippen LogP contribution in [0.15, 0.2) is 104 Å². The van der Waals surface area contributed by atoms with Crippen LogP contribution in [0.2, 0.25) is 0 Å². The predicted molar refractivity (Wildman–Crippen MR) is 144 cm³/mol. The lowest BCUT2D eigenvalue weighted by Crippen LogP contribution is -2.09. The summed E-state index contributed by atoms with van der Waals surface area (Å²) in [4.78, 5) is 8.87. The molecule has 0 saturated heterocycles. The van der Waals surface area contributed by atoms with Crippen LogP contribution in [-0.4, -0.2) is 29.9 Å². The third kappa shape index (κ3) is 5.07. The molecule has 0 aliphatic heterocycles. The quantitative estimate of drug-likeness (QED) is 0.198. The van der Waals surface area contributed by atoms with Gasteiger partial charge in [-0.2, -0.15) is 10.2 Å². The number of hydrogen-bond donors (Lipinski definition) is 0. The second-order valence-electron chi connectivity index (χ2n) is 7.83. The van der Waals surface area contributed by atoms with Gasteiger partial charge in [0.2, 0.25) is 9.84 Å². The zero-order chi connectivity index (χ0) is 25.1. The van der Waals surface area contributed by atoms with Crippen LogP contribution < -0.4 is 0 Å². The van der Waals surface area contributed by atoms with Gasteiger partial charge in [0.05, 0.1) is 17.0 Å². The highest BCUT2D eigenvalue weighted by Crippen LogP contribution is 2.34. The van der Waals surface area contributed by atoms with Crippen molar-refractivity contribution >= 4 is 48.6 Å². The number of benzene rings is 3. The maximum absolute atomic E-state index is 12.9. The van der Waals surface area contributed by atoms with Crippen molar-refractivity contribution in [2.75, 3.05) is 11.5 Å². The first kappa shape index (κ1) is 24.3. The second-order valence-corrected chi connectivity index (χ2v) is 11.8. The Morgan fingerprint density at radius 1 is 0.917 bits per heavy atom. The monoisotopic (exact) mass is 575 g/mol. The van der Waals surface area contributed by atoms with Crippen LogP contribution in [0.5, 0.6) is 0 Å². The van der Waals surface area contributed by atoms with Crippen molar-refractivity contribution in [2.24, 2.45) is 0 Å². The maximum atomic E-state index is 12.9. The zero-order valence-electron chi connectivity index (χ0n) is 18.8. The van der Waals surface area contributed by atoms with Crippen LogP contribution in [0.3, 0.4) is 0 Å². The largest absolute Gasteiger partial charge is 0.428 e. The fourth-order valence-electron chi connectivity index (χ4n) is 3.67. The minimum absolute atomic E-state index is 0.181. The minimum Gasteiger partial charge on any atom is -0.428 e. The molecule has 2 heterocycles. The number of fused-ring (bicyclic) bond motifs is 1. The van der Waals surface area contributed by atoms with Crippen molar-refractivity contribution in [2.45, 2.75) is 10.2 Å². The highest BCUT2D eigenvalue weighted by atomic mass is 79.9. The van der Waals surface area contributed by atoms with Gasteiger partial charge in [-0.05, 0) is 35.9 Å². The molecule has 0 atom stereocenters. The molecule has 178 valence electrons. The Balaban J connectivity index is 1.48. The Hall–Kier alpha value is -3.45. The van der Waals surface area contributed by atoms with Crippen LogP contribution in [0.25, 0.3) is 33.5 Å². The molecule has 3 aromatic carbocycles. The van der Waals surface area contributed by atoms with Gasteiger partial charge in [-0.3, -0.25) is 0 Å². The molecule has 36 heavy (non-hydrogen) atoms. The summed E-state index contributed by atoms with van der Waals surface area (Å²) < 4.78 is 32.2. The van der Waals surface area contributed by atoms with E-state index in [4.69, 9.17) is 9.40 Å². The number of pyridine rings is 1. The molecule has 2 aromatic heterocycles. The fourth-order valence-corrected chi connectivity index (χ4v) is 6.43. The lowest BCUT2D eigenvalue weighted by molar-refractivity contribution is 0.459. The molecule has 5 rings (SSSR count). The summed E-state index contributed by atoms with van der Waals surface area (Å²) in [6.45, 7) is 0. The van der Waals surface area contributed by atoms with E-state index in [0.29, 0.717) is 27.4 Å². The van der Waals surface area contributed by atoms with Crippen LogP contribution in [0.4, 0.5) is 0 Å². The Bertz CT molecular complexity index is 1660. The van der Waals surface area contributed by atoms with E-state index in [2.05, 4.69) is 27.0 Å². The van der Waals surface area contributed by atoms with Crippen LogP contribution in [0, 0.1) is 11.3 Å². The van der Waals surface area contributed by atoms with Crippen molar-refractivity contribution in [3.05, 3.63) is 95.0 Å². The lowest BCUT2D eigenvalue weighted by Gasteiger charge is -2.12. The highest BCUT2D eigenvalue weighted by molar-refractivity contribution is 9.10. The molecule has 0 unspecified atom stereocenters. The van der Waals surface area contributed by atoms with Gasteiger partial charge >= 0.3 is 5.22 Å². The van der Waals surface area contributed by atoms with Gasteiger partial charge in [-0.1, -0.05) is 70.5 Å². The molecule has 9 heteroatoms. The molecule has 0 amide bonds. The number of halogens is 1. The molecular weight excluding hydrogens is 558 g/mol. The number of thioether (sulfide) groups is 1. The van der Waals surface area contributed by atoms with E-state index >= 15 is 0 Å². The predicted octanol–water partition coefficient (Wildman–Crippen LogP) is 6.76. The summed E-state index contributed by atoms with van der Waals surface area (Å²) in [5, 5.41) is 10.2. The fraction of sp³-hybridized carbons (Fsp3) is 0.0741. The van der Waals surface area contributed by atoms with Crippen LogP contribution in [-0.2, 0) is 9.84 Å². The SMILES string of the molecule is N#Cc1c(-c2ccccc2)cc(-c2ccc(Br)cc2)nc1SCCS(=O)(=O)c1nc2ccccc2o1. The number of hydrogen-bond acceptors (Lipinski definition) is 7. The Morgan fingerprint density at radius 2 is 1.64 bits per heavy atom. The smallest absolute Gasteiger partial charge is 0.316 e. The van der Waals surface area contributed by atoms with Crippen LogP contribution in [0.1, 0.15) is 5.56 Å². The molecule has 0 bridgehead atoms. The number of nitrogens with zero attached hydrogens (tertiary/aromatic N) is 3. The Labute approximate surface area is 221 Å². The summed E-state index contributed by atoms with van der Waals surface area (Å²) in [6, 6.07) is 28.5. The van der Waals surface area contributed by atoms with E-state index in [1.54, 1.807) is 24.3 Å². The van der Waals surface area contributed by atoms with Gasteiger partial charge < -0.3 is 4.42 Å². The third-order valence-corrected chi connectivity index (χ3v) is 8.67. The number of sulfone groups is 1. The molecule has 0 spiro atoms. The first-order chi connectivity index (χ1) is 17.4. The van der Waals surface area contributed by atoms with Gasteiger partial charge in [-0.15, -0.1) is 11.8 Å². The molecule has 0 radical (unpaired) electrons. The Kier molecular flexibility index (Phi) is 6.92. The standard InChI is InChI=1S/C27H18BrN3O3S2/c28-20-12-10-19(11-13-20)24-16-21(18-6-2-1-3-7-18)22(17-29)26(30-24)35-14-15-36(32,33)27-31-23-8-4-5-9-25(23)34-27/h1-13,16H,14-15H2. The summed E-state index contributed by atoms with van der Waals surface area (Å²) in [5.74, 6) is -0.0268. The van der Waals surface area contributed by atoms with E-state index in [0.717, 1.165) is 21.2 Å². The average Bonchev–Trinajstić information content (AvgIpc) is 3.35. The molecule has 0 fully saturated rings. The summed E-state index contributed by atoms with van der Waals surface area (Å²) in [6.07, 6.45) is 0. The van der Waals surface area contributed by atoms with E-state index in [-0.39, 0.29) is 16.7 Å². The van der Waals surface area contributed by atoms with Crippen molar-refractivity contribution in [3.8, 4) is 28.5 Å². The number of rotatable bonds is 7. The van der Waals surface area contributed by atoms with E-state index in [9.17, 15) is 13.7 Å². The normalized spacial score (nSPS) is 11.4. The molecule has 0 N–H and O–H groups in total. The van der Waals surface area contributed by atoms with E-state index in [1.165, 1.54) is 11.8 Å². The van der Waals surface area contributed by atoms with Crippen molar-refractivity contribution in [1.29, 1.82) is 5.26 Å². The minimum atomic E-state index is -3.76. The molecule has 0 aliphatic rings. The van der Waals surface area contributed by atoms with Gasteiger partial charge in [-0.25, -0.2) is 13.4 Å². The van der Waals surface area contributed by atoms with E-state index in [1.807, 2.05) is 60.7 Å². The lowest BCUT2D eigenvalue weighted by atomic mass is 9.99. The molecular formula is C27H18BrN3O3S2. The molecule has 6 nitrogen and oxygen atoms in total. The molecule has 5 aromatic rings. The van der Waals surface area contributed by atoms with Crippen LogP contribution >= 0.6 is 27.7 Å². The van der Waals surface area contributed by atoms with Gasteiger partial charge in [0.15, 0.2) is 5.58 Å². The summed E-state index contributed by atoms with van der Waals surface area (Å²) in [5.41, 5.74) is 4.54. The number of oxazole rings is 1. The Morgan fingerprint density at radius 3 is 2.36 bits per heavy atom. The summed E-state index contributed by atoms with van der Waals surface area (Å²) in [7, 11) is -3.76.